The number of para-hydroxylation sites is 1. The Hall–Kier alpha value is -3.45. The number of carbonyl (C=O) groups excluding carboxylic acids is 2. The van der Waals surface area contributed by atoms with Crippen LogP contribution in [0.4, 0.5) is 5.69 Å². The van der Waals surface area contributed by atoms with E-state index < -0.39 is 22.6 Å². The minimum Gasteiger partial charge on any atom is -0.454 e. The van der Waals surface area contributed by atoms with Gasteiger partial charge in [-0.05, 0) is 43.2 Å². The fourth-order valence-electron chi connectivity index (χ4n) is 3.72. The molecule has 7 heteroatoms. The van der Waals surface area contributed by atoms with Crippen molar-refractivity contribution in [3.8, 4) is 0 Å². The number of fused-ring (bicyclic) bond motifs is 1. The smallest absolute Gasteiger partial charge is 0.338 e. The van der Waals surface area contributed by atoms with Crippen LogP contribution >= 0.6 is 0 Å². The summed E-state index contributed by atoms with van der Waals surface area (Å²) in [5.74, 6) is -1.09. The number of anilines is 1. The molecule has 0 saturated heterocycles. The van der Waals surface area contributed by atoms with E-state index in [1.807, 2.05) is 19.1 Å². The van der Waals surface area contributed by atoms with Crippen LogP contribution in [0.25, 0.3) is 0 Å². The predicted molar refractivity (Wildman–Crippen MR) is 117 cm³/mol. The van der Waals surface area contributed by atoms with E-state index in [1.54, 1.807) is 42.5 Å². The molecule has 0 unspecified atom stereocenters. The molecule has 3 aromatic rings. The number of ketones is 1. The number of hydrogen-bond donors (Lipinski definition) is 0. The lowest BCUT2D eigenvalue weighted by Crippen LogP contribution is -2.35. The summed E-state index contributed by atoms with van der Waals surface area (Å²) in [6, 6.07) is 21.4. The molecule has 0 spiro atoms. The van der Waals surface area contributed by atoms with Gasteiger partial charge >= 0.3 is 5.97 Å². The molecule has 158 valence electrons. The summed E-state index contributed by atoms with van der Waals surface area (Å²) in [5.41, 5.74) is 2.13. The quantitative estimate of drug-likeness (QED) is 0.434. The van der Waals surface area contributed by atoms with E-state index in [9.17, 15) is 18.0 Å². The first kappa shape index (κ1) is 20.8. The highest BCUT2D eigenvalue weighted by atomic mass is 32.2. The Morgan fingerprint density at radius 2 is 1.61 bits per heavy atom. The maximum atomic E-state index is 13.4. The molecule has 3 aromatic carbocycles. The normalized spacial score (nSPS) is 15.4. The summed E-state index contributed by atoms with van der Waals surface area (Å²) in [4.78, 5) is 24.6. The van der Waals surface area contributed by atoms with Crippen molar-refractivity contribution in [3.05, 3.63) is 95.6 Å². The molecule has 0 aliphatic carbocycles. The largest absolute Gasteiger partial charge is 0.454 e. The summed E-state index contributed by atoms with van der Waals surface area (Å²) in [6.45, 7) is 1.43. The van der Waals surface area contributed by atoms with Crippen molar-refractivity contribution in [2.24, 2.45) is 0 Å². The molecular weight excluding hydrogens is 414 g/mol. The number of hydrogen-bond acceptors (Lipinski definition) is 5. The lowest BCUT2D eigenvalue weighted by Gasteiger charge is -2.24. The third-order valence-electron chi connectivity index (χ3n) is 5.20. The number of benzene rings is 3. The average molecular weight is 436 g/mol. The summed E-state index contributed by atoms with van der Waals surface area (Å²) in [7, 11) is -3.87. The molecule has 0 radical (unpaired) electrons. The van der Waals surface area contributed by atoms with E-state index in [1.165, 1.54) is 28.6 Å². The van der Waals surface area contributed by atoms with Gasteiger partial charge in [0, 0.05) is 11.6 Å². The third-order valence-corrected chi connectivity index (χ3v) is 7.13. The zero-order valence-corrected chi connectivity index (χ0v) is 17.7. The van der Waals surface area contributed by atoms with Gasteiger partial charge in [-0.15, -0.1) is 0 Å². The number of ether oxygens (including phenoxy) is 1. The van der Waals surface area contributed by atoms with Crippen LogP contribution in [-0.4, -0.2) is 32.8 Å². The monoisotopic (exact) mass is 435 g/mol. The molecule has 1 aliphatic rings. The standard InChI is InChI=1S/C24H21NO5S/c1-17-14-19-10-5-6-13-22(19)25(17)31(28,29)21-12-7-11-20(15-21)24(27)30-16-23(26)18-8-3-2-4-9-18/h2-13,15,17H,14,16H2,1H3/t17-/m1/s1. The zero-order valence-electron chi connectivity index (χ0n) is 16.9. The highest BCUT2D eigenvalue weighted by molar-refractivity contribution is 7.92. The molecule has 1 heterocycles. The van der Waals surface area contributed by atoms with Crippen LogP contribution in [0.15, 0.2) is 83.8 Å². The Bertz CT molecular complexity index is 1240. The number of rotatable bonds is 6. The number of Topliss-reactive ketones (excluding diaryl/α,β-unsaturated/α-hetero) is 1. The lowest BCUT2D eigenvalue weighted by atomic mass is 10.1. The van der Waals surface area contributed by atoms with Crippen molar-refractivity contribution < 1.29 is 22.7 Å². The van der Waals surface area contributed by atoms with Crippen LogP contribution < -0.4 is 4.31 Å². The van der Waals surface area contributed by atoms with Crippen molar-refractivity contribution >= 4 is 27.5 Å². The van der Waals surface area contributed by atoms with Crippen LogP contribution in [0.1, 0.15) is 33.2 Å². The molecule has 1 atom stereocenters. The van der Waals surface area contributed by atoms with E-state index in [2.05, 4.69) is 0 Å². The molecule has 0 bridgehead atoms. The maximum Gasteiger partial charge on any atom is 0.338 e. The highest BCUT2D eigenvalue weighted by Gasteiger charge is 2.36. The highest BCUT2D eigenvalue weighted by Crippen LogP contribution is 2.36. The molecule has 0 saturated carbocycles. The minimum atomic E-state index is -3.87. The number of nitrogens with zero attached hydrogens (tertiary/aromatic N) is 1. The first-order chi connectivity index (χ1) is 14.9. The van der Waals surface area contributed by atoms with Crippen LogP contribution in [0.5, 0.6) is 0 Å². The third kappa shape index (κ3) is 4.09. The molecule has 0 amide bonds. The first-order valence-electron chi connectivity index (χ1n) is 9.85. The summed E-state index contributed by atoms with van der Waals surface area (Å²) in [5, 5.41) is 0. The molecule has 31 heavy (non-hydrogen) atoms. The van der Waals surface area contributed by atoms with Crippen molar-refractivity contribution in [1.82, 2.24) is 0 Å². The number of sulfonamides is 1. The second-order valence-corrected chi connectivity index (χ2v) is 9.19. The van der Waals surface area contributed by atoms with Gasteiger partial charge < -0.3 is 4.74 Å². The van der Waals surface area contributed by atoms with Gasteiger partial charge in [0.05, 0.1) is 16.1 Å². The molecule has 0 aromatic heterocycles. The van der Waals surface area contributed by atoms with Crippen molar-refractivity contribution in [1.29, 1.82) is 0 Å². The Kier molecular flexibility index (Phi) is 5.61. The number of carbonyl (C=O) groups is 2. The second-order valence-electron chi connectivity index (χ2n) is 7.38. The minimum absolute atomic E-state index is 0.000103. The Morgan fingerprint density at radius 1 is 0.935 bits per heavy atom. The van der Waals surface area contributed by atoms with Gasteiger partial charge in [-0.1, -0.05) is 54.6 Å². The average Bonchev–Trinajstić information content (AvgIpc) is 3.14. The summed E-state index contributed by atoms with van der Waals surface area (Å²) in [6.07, 6.45) is 0.624. The van der Waals surface area contributed by atoms with Crippen molar-refractivity contribution in [2.75, 3.05) is 10.9 Å². The Balaban J connectivity index is 1.54. The Labute approximate surface area is 181 Å². The van der Waals surface area contributed by atoms with Gasteiger partial charge in [-0.2, -0.15) is 0 Å². The molecule has 1 aliphatic heterocycles. The molecule has 0 N–H and O–H groups in total. The van der Waals surface area contributed by atoms with Crippen LogP contribution in [0, 0.1) is 0 Å². The topological polar surface area (TPSA) is 80.8 Å². The van der Waals surface area contributed by atoms with Gasteiger partial charge in [0.25, 0.3) is 10.0 Å². The number of esters is 1. The first-order valence-corrected chi connectivity index (χ1v) is 11.3. The van der Waals surface area contributed by atoms with Gasteiger partial charge in [0.1, 0.15) is 0 Å². The fraction of sp³-hybridized carbons (Fsp3) is 0.167. The summed E-state index contributed by atoms with van der Waals surface area (Å²) >= 11 is 0. The summed E-state index contributed by atoms with van der Waals surface area (Å²) < 4.78 is 33.2. The fourth-order valence-corrected chi connectivity index (χ4v) is 5.46. The predicted octanol–water partition coefficient (Wildman–Crippen LogP) is 3.87. The molecular formula is C24H21NO5S. The molecule has 0 fully saturated rings. The van der Waals surface area contributed by atoms with Crippen LogP contribution in [0.2, 0.25) is 0 Å². The Morgan fingerprint density at radius 3 is 2.39 bits per heavy atom. The van der Waals surface area contributed by atoms with Crippen molar-refractivity contribution in [3.63, 3.8) is 0 Å². The second kappa shape index (κ2) is 8.35. The van der Waals surface area contributed by atoms with E-state index in [-0.39, 0.29) is 22.3 Å². The molecule has 4 rings (SSSR count). The van der Waals surface area contributed by atoms with E-state index >= 15 is 0 Å². The van der Waals surface area contributed by atoms with Gasteiger partial charge in [-0.3, -0.25) is 9.10 Å². The van der Waals surface area contributed by atoms with E-state index in [0.29, 0.717) is 17.7 Å². The van der Waals surface area contributed by atoms with Gasteiger partial charge in [-0.25, -0.2) is 13.2 Å². The maximum absolute atomic E-state index is 13.4. The lowest BCUT2D eigenvalue weighted by molar-refractivity contribution is 0.0474. The van der Waals surface area contributed by atoms with E-state index in [4.69, 9.17) is 4.74 Å². The van der Waals surface area contributed by atoms with Gasteiger partial charge in [0.15, 0.2) is 12.4 Å². The van der Waals surface area contributed by atoms with Gasteiger partial charge in [0.2, 0.25) is 0 Å². The van der Waals surface area contributed by atoms with E-state index in [0.717, 1.165) is 5.56 Å². The SMILES string of the molecule is C[C@@H]1Cc2ccccc2N1S(=O)(=O)c1cccc(C(=O)OCC(=O)c2ccccc2)c1. The van der Waals surface area contributed by atoms with Crippen LogP contribution in [-0.2, 0) is 21.2 Å². The zero-order chi connectivity index (χ0) is 22.0. The van der Waals surface area contributed by atoms with Crippen LogP contribution in [0.3, 0.4) is 0 Å². The molecule has 6 nitrogen and oxygen atoms in total. The van der Waals surface area contributed by atoms with Crippen molar-refractivity contribution in [2.45, 2.75) is 24.3 Å².